The Labute approximate surface area is 125 Å². The molecule has 0 unspecified atom stereocenters. The van der Waals surface area contributed by atoms with Gasteiger partial charge in [-0.3, -0.25) is 4.79 Å². The Morgan fingerprint density at radius 3 is 2.76 bits per heavy atom. The Kier molecular flexibility index (Phi) is 4.81. The van der Waals surface area contributed by atoms with E-state index in [-0.39, 0.29) is 11.9 Å². The largest absolute Gasteiger partial charge is 0.341 e. The Morgan fingerprint density at radius 2 is 2.05 bits per heavy atom. The fourth-order valence-electron chi connectivity index (χ4n) is 2.07. The highest BCUT2D eigenvalue weighted by molar-refractivity contribution is 6.04. The van der Waals surface area contributed by atoms with E-state index in [0.29, 0.717) is 17.9 Å². The monoisotopic (exact) mass is 281 g/mol. The van der Waals surface area contributed by atoms with Gasteiger partial charge in [0.1, 0.15) is 5.69 Å². The minimum atomic E-state index is -0.143. The van der Waals surface area contributed by atoms with E-state index in [1.165, 1.54) is 0 Å². The summed E-state index contributed by atoms with van der Waals surface area (Å²) >= 11 is 0. The van der Waals surface area contributed by atoms with E-state index < -0.39 is 0 Å². The number of anilines is 1. The molecule has 4 heteroatoms. The fourth-order valence-corrected chi connectivity index (χ4v) is 2.07. The minimum Gasteiger partial charge on any atom is -0.341 e. The SMILES string of the molecule is CC(C)n1cccc1C(=O)Nc1ccccc1C#CCN. The van der Waals surface area contributed by atoms with E-state index in [0.717, 1.165) is 5.56 Å². The topological polar surface area (TPSA) is 60.0 Å². The zero-order valence-corrected chi connectivity index (χ0v) is 12.3. The van der Waals surface area contributed by atoms with Gasteiger partial charge in [0, 0.05) is 17.8 Å². The van der Waals surface area contributed by atoms with Crippen LogP contribution in [0.15, 0.2) is 42.6 Å². The number of para-hydroxylation sites is 1. The summed E-state index contributed by atoms with van der Waals surface area (Å²) in [7, 11) is 0. The number of hydrogen-bond donors (Lipinski definition) is 2. The lowest BCUT2D eigenvalue weighted by Gasteiger charge is -2.13. The fraction of sp³-hybridized carbons (Fsp3) is 0.235. The van der Waals surface area contributed by atoms with Crippen LogP contribution < -0.4 is 11.1 Å². The van der Waals surface area contributed by atoms with Gasteiger partial charge in [0.2, 0.25) is 0 Å². The lowest BCUT2D eigenvalue weighted by Crippen LogP contribution is -2.18. The third-order valence-corrected chi connectivity index (χ3v) is 3.07. The van der Waals surface area contributed by atoms with Crippen LogP contribution in [0.3, 0.4) is 0 Å². The quantitative estimate of drug-likeness (QED) is 0.850. The number of carbonyl (C=O) groups is 1. The zero-order valence-electron chi connectivity index (χ0n) is 12.3. The molecule has 2 rings (SSSR count). The summed E-state index contributed by atoms with van der Waals surface area (Å²) < 4.78 is 1.93. The van der Waals surface area contributed by atoms with Crippen LogP contribution in [0.1, 0.15) is 35.9 Å². The van der Waals surface area contributed by atoms with Gasteiger partial charge in [0.05, 0.1) is 12.2 Å². The molecule has 0 fully saturated rings. The summed E-state index contributed by atoms with van der Waals surface area (Å²) in [5.41, 5.74) is 7.48. The highest BCUT2D eigenvalue weighted by atomic mass is 16.1. The van der Waals surface area contributed by atoms with E-state index in [2.05, 4.69) is 17.2 Å². The van der Waals surface area contributed by atoms with E-state index in [4.69, 9.17) is 5.73 Å². The third-order valence-electron chi connectivity index (χ3n) is 3.07. The predicted octanol–water partition coefficient (Wildman–Crippen LogP) is 2.63. The van der Waals surface area contributed by atoms with Crippen molar-refractivity contribution in [2.45, 2.75) is 19.9 Å². The molecular formula is C17H19N3O. The Hall–Kier alpha value is -2.51. The number of nitrogens with two attached hydrogens (primary N) is 1. The predicted molar refractivity (Wildman–Crippen MR) is 85.1 cm³/mol. The first-order valence-electron chi connectivity index (χ1n) is 6.89. The molecule has 1 heterocycles. The van der Waals surface area contributed by atoms with Crippen molar-refractivity contribution >= 4 is 11.6 Å². The maximum absolute atomic E-state index is 12.4. The van der Waals surface area contributed by atoms with Gasteiger partial charge in [-0.05, 0) is 38.1 Å². The number of aromatic nitrogens is 1. The number of nitrogens with zero attached hydrogens (tertiary/aromatic N) is 1. The van der Waals surface area contributed by atoms with Crippen molar-refractivity contribution in [1.82, 2.24) is 4.57 Å². The number of nitrogens with one attached hydrogen (secondary N) is 1. The molecule has 1 aromatic heterocycles. The molecule has 21 heavy (non-hydrogen) atoms. The van der Waals surface area contributed by atoms with Gasteiger partial charge < -0.3 is 15.6 Å². The summed E-state index contributed by atoms with van der Waals surface area (Å²) in [5.74, 6) is 5.63. The first-order chi connectivity index (χ1) is 10.1. The van der Waals surface area contributed by atoms with Gasteiger partial charge >= 0.3 is 0 Å². The van der Waals surface area contributed by atoms with Crippen LogP contribution in [0.25, 0.3) is 0 Å². The van der Waals surface area contributed by atoms with Crippen molar-refractivity contribution in [2.24, 2.45) is 5.73 Å². The van der Waals surface area contributed by atoms with E-state index in [9.17, 15) is 4.79 Å². The van der Waals surface area contributed by atoms with Crippen molar-refractivity contribution < 1.29 is 4.79 Å². The Bertz CT molecular complexity index is 689. The van der Waals surface area contributed by atoms with Crippen molar-refractivity contribution in [3.63, 3.8) is 0 Å². The molecule has 0 saturated carbocycles. The number of amides is 1. The highest BCUT2D eigenvalue weighted by Gasteiger charge is 2.13. The maximum Gasteiger partial charge on any atom is 0.272 e. The van der Waals surface area contributed by atoms with Gasteiger partial charge in [-0.15, -0.1) is 0 Å². The van der Waals surface area contributed by atoms with Crippen molar-refractivity contribution in [2.75, 3.05) is 11.9 Å². The minimum absolute atomic E-state index is 0.143. The highest BCUT2D eigenvalue weighted by Crippen LogP contribution is 2.17. The number of hydrogen-bond acceptors (Lipinski definition) is 2. The molecule has 0 spiro atoms. The van der Waals surface area contributed by atoms with Crippen LogP contribution in [-0.2, 0) is 0 Å². The molecular weight excluding hydrogens is 262 g/mol. The van der Waals surface area contributed by atoms with Crippen LogP contribution in [0.4, 0.5) is 5.69 Å². The molecule has 0 radical (unpaired) electrons. The van der Waals surface area contributed by atoms with E-state index in [1.54, 1.807) is 0 Å². The summed E-state index contributed by atoms with van der Waals surface area (Å²) in [6.07, 6.45) is 1.90. The average molecular weight is 281 g/mol. The number of benzene rings is 1. The molecule has 0 aliphatic heterocycles. The lowest BCUT2D eigenvalue weighted by molar-refractivity contribution is 0.101. The van der Waals surface area contributed by atoms with Crippen molar-refractivity contribution in [3.8, 4) is 11.8 Å². The third kappa shape index (κ3) is 3.53. The summed E-state index contributed by atoms with van der Waals surface area (Å²) in [4.78, 5) is 12.4. The molecule has 0 bridgehead atoms. The van der Waals surface area contributed by atoms with Crippen LogP contribution in [0.5, 0.6) is 0 Å². The molecule has 0 saturated heterocycles. The van der Waals surface area contributed by atoms with Crippen LogP contribution in [-0.4, -0.2) is 17.0 Å². The normalized spacial score (nSPS) is 10.1. The van der Waals surface area contributed by atoms with Gasteiger partial charge in [-0.25, -0.2) is 0 Å². The molecule has 4 nitrogen and oxygen atoms in total. The van der Waals surface area contributed by atoms with Crippen molar-refractivity contribution in [3.05, 3.63) is 53.9 Å². The van der Waals surface area contributed by atoms with Gasteiger partial charge in [0.25, 0.3) is 5.91 Å². The molecule has 2 aromatic rings. The van der Waals surface area contributed by atoms with E-state index >= 15 is 0 Å². The number of carbonyl (C=O) groups excluding carboxylic acids is 1. The van der Waals surface area contributed by atoms with Gasteiger partial charge in [0.15, 0.2) is 0 Å². The zero-order chi connectivity index (χ0) is 15.2. The Morgan fingerprint density at radius 1 is 1.29 bits per heavy atom. The molecule has 1 amide bonds. The first-order valence-corrected chi connectivity index (χ1v) is 6.89. The Balaban J connectivity index is 2.26. The maximum atomic E-state index is 12.4. The molecule has 3 N–H and O–H groups in total. The lowest BCUT2D eigenvalue weighted by atomic mass is 10.1. The smallest absolute Gasteiger partial charge is 0.272 e. The summed E-state index contributed by atoms with van der Waals surface area (Å²) in [6, 6.07) is 11.4. The summed E-state index contributed by atoms with van der Waals surface area (Å²) in [5, 5.41) is 2.91. The van der Waals surface area contributed by atoms with Crippen molar-refractivity contribution in [1.29, 1.82) is 0 Å². The average Bonchev–Trinajstić information content (AvgIpc) is 2.96. The van der Waals surface area contributed by atoms with Crippen LogP contribution >= 0.6 is 0 Å². The summed E-state index contributed by atoms with van der Waals surface area (Å²) in [6.45, 7) is 4.37. The molecule has 0 aliphatic carbocycles. The van der Waals surface area contributed by atoms with Crippen LogP contribution in [0, 0.1) is 11.8 Å². The second-order valence-corrected chi connectivity index (χ2v) is 4.90. The molecule has 1 aromatic carbocycles. The molecule has 0 atom stereocenters. The van der Waals surface area contributed by atoms with Crippen LogP contribution in [0.2, 0.25) is 0 Å². The second-order valence-electron chi connectivity index (χ2n) is 4.90. The van der Waals surface area contributed by atoms with Gasteiger partial charge in [-0.2, -0.15) is 0 Å². The van der Waals surface area contributed by atoms with E-state index in [1.807, 2.05) is 61.0 Å². The number of rotatable bonds is 3. The second kappa shape index (κ2) is 6.78. The first kappa shape index (κ1) is 14.9. The standard InChI is InChI=1S/C17H19N3O/c1-13(2)20-12-6-10-16(20)17(21)19-15-9-4-3-7-14(15)8-5-11-18/h3-4,6-7,9-10,12-13H,11,18H2,1-2H3,(H,19,21). The molecule has 0 aliphatic rings. The van der Waals surface area contributed by atoms with Gasteiger partial charge in [-0.1, -0.05) is 24.0 Å². The molecule has 108 valence electrons.